The van der Waals surface area contributed by atoms with Crippen molar-refractivity contribution < 1.29 is 88.1 Å². The fourth-order valence-electron chi connectivity index (χ4n) is 16.3. The van der Waals surface area contributed by atoms with Gasteiger partial charge >= 0.3 is 57.9 Å². The van der Waals surface area contributed by atoms with Crippen LogP contribution in [0.2, 0.25) is 0 Å². The van der Waals surface area contributed by atoms with E-state index in [0.29, 0.717) is 73.5 Å². The number of carboxylic acid groups (broad SMARTS) is 2. The second kappa shape index (κ2) is 32.7. The number of aliphatic hydroxyl groups is 2. The van der Waals surface area contributed by atoms with Crippen molar-refractivity contribution in [1.29, 1.82) is 0 Å². The Balaban J connectivity index is 0.000000186. The maximum Gasteiger partial charge on any atom is 1.00 e. The summed E-state index contributed by atoms with van der Waals surface area (Å²) in [7, 11) is 4.07. The van der Waals surface area contributed by atoms with Gasteiger partial charge in [0.1, 0.15) is 0 Å². The number of aliphatic hydroxyl groups excluding tert-OH is 2. The zero-order chi connectivity index (χ0) is 64.3. The number of aliphatic carboxylic acids is 2. The van der Waals surface area contributed by atoms with Gasteiger partial charge in [0.05, 0.1) is 24.9 Å². The number of likely N-dealkylation sites (tertiary alicyclic amines) is 3. The summed E-state index contributed by atoms with van der Waals surface area (Å²) >= 11 is 2.35. The summed E-state index contributed by atoms with van der Waals surface area (Å²) in [6.07, 6.45) is 17.6. The number of H-pyrrole nitrogens is 4. The summed E-state index contributed by atoms with van der Waals surface area (Å²) in [6.45, 7) is 5.54. The van der Waals surface area contributed by atoms with Crippen LogP contribution in [0.15, 0.2) is 97.6 Å². The van der Waals surface area contributed by atoms with Crippen LogP contribution >= 0.6 is 22.6 Å². The molecule has 4 aromatic heterocycles. The molecule has 20 nitrogen and oxygen atoms in total. The quantitative estimate of drug-likeness (QED) is 0.0282. The topological polar surface area (TPSA) is 301 Å². The summed E-state index contributed by atoms with van der Waals surface area (Å²) in [4.78, 5) is 55.0. The first-order valence-corrected chi connectivity index (χ1v) is 34.2. The van der Waals surface area contributed by atoms with Crippen LogP contribution in [0.4, 0.5) is 0 Å². The minimum Gasteiger partial charge on any atom is -1.00 e. The average Bonchev–Trinajstić information content (AvgIpc) is 1.44. The van der Waals surface area contributed by atoms with E-state index in [-0.39, 0.29) is 70.5 Å². The maximum absolute atomic E-state index is 12.0. The molecule has 8 aliphatic rings. The van der Waals surface area contributed by atoms with Gasteiger partial charge in [-0.1, -0.05) is 85.5 Å². The third-order valence-electron chi connectivity index (χ3n) is 20.3. The third kappa shape index (κ3) is 16.1. The SMILES string of the molecule is C.CCCI.CN1C[C@H](C(=O)O)C[C@@H]2c3cccc4[nH]cc(c34)C[C@H]21.CN1C[C@H](C(=O)O)C[C@@H]2c3cccc4[nH]cc(c34)C[C@H]21.CO.COC(=O)[C@@H]1C[C@@H]2c3cccc4[nH]cc(c34)C[C@H]2N(C)C1.O=S(=O)(O)O.OC[C@H]1CN[C@@H]2Cc3c[nH]c4cccc(c34)[C@H]2C1.[B].[H-].[Na+]. The number of nitrogens with one attached hydrogen (secondary N) is 5. The Labute approximate surface area is 584 Å². The van der Waals surface area contributed by atoms with Crippen molar-refractivity contribution in [2.75, 3.05) is 72.6 Å². The van der Waals surface area contributed by atoms with E-state index < -0.39 is 22.3 Å². The minimum atomic E-state index is -4.67. The molecule has 4 saturated heterocycles. The smallest absolute Gasteiger partial charge is 1.00 e. The van der Waals surface area contributed by atoms with E-state index in [1.165, 1.54) is 106 Å². The minimum absolute atomic E-state index is 0. The van der Waals surface area contributed by atoms with Crippen molar-refractivity contribution >= 4 is 103 Å². The van der Waals surface area contributed by atoms with Gasteiger partial charge in [-0.2, -0.15) is 8.42 Å². The van der Waals surface area contributed by atoms with Crippen molar-refractivity contribution in [2.45, 2.75) is 120 Å². The van der Waals surface area contributed by atoms with Crippen molar-refractivity contribution in [3.05, 3.63) is 142 Å². The fraction of sp³-hybridized carbons (Fsp3) is 0.493. The molecule has 8 aromatic rings. The number of aromatic amines is 4. The molecule has 93 heavy (non-hydrogen) atoms. The van der Waals surface area contributed by atoms with Crippen molar-refractivity contribution in [1.82, 2.24) is 40.0 Å². The number of fused-ring (bicyclic) bond motifs is 8. The molecule has 4 aromatic carbocycles. The molecule has 16 rings (SSSR count). The fourth-order valence-corrected chi connectivity index (χ4v) is 16.3. The standard InChI is InChI=1S/C17H20N2O2.2C16H18N2O2.C15H18N2O.C3H7I.CH4O.CH4.B.Na.H2O4S.H/c1-19-9-11(17(20)21-2)6-13-12-4-3-5-14-16(12)10(8-18-14)7-15(13)19;2*1-18-8-10(16(19)20)5-12-11-3-2-4-13-15(11)9(7-17-13)6-14(12)18;18-8-9-4-12-11-2-1-3-13-15(11)10(7-17-13)5-14(12)16-6-9;1-2-3-4;1-2;;;;1-5(2,3)4;/h3-5,8,11,13,15,18H,6-7,9H2,1-2H3;2*2-4,7,10,12,14,17H,5-6,8H2,1H3,(H,19,20);1-3,7,9,12,14,16-18H,4-6,8H2;2-3H2,1H3;2H,1H3;1H4;;;(H2,1,2,3,4);/q;;;;;;;;+1;;-1/t11-,13-,15-;2*10-,12-,14-;9-,12-,14-;;;;;;;/m1111......./s1. The van der Waals surface area contributed by atoms with E-state index in [1.807, 2.05) is 0 Å². The Morgan fingerprint density at radius 3 is 1.20 bits per heavy atom. The van der Waals surface area contributed by atoms with Crippen LogP contribution in [0, 0.1) is 23.7 Å². The molecule has 0 saturated carbocycles. The maximum atomic E-state index is 12.0. The number of carbonyl (C=O) groups excluding carboxylic acids is 1. The second-order valence-electron chi connectivity index (χ2n) is 25.5. The molecular weight excluding hydrogens is 1330 g/mol. The van der Waals surface area contributed by atoms with Crippen molar-refractivity contribution in [2.24, 2.45) is 23.7 Å². The number of hydrogen-bond acceptors (Lipinski definition) is 12. The van der Waals surface area contributed by atoms with Gasteiger partial charge in [-0.3, -0.25) is 23.5 Å². The predicted molar refractivity (Wildman–Crippen MR) is 372 cm³/mol. The monoisotopic (exact) mass is 1420 g/mol. The number of piperidine rings is 4. The van der Waals surface area contributed by atoms with E-state index in [2.05, 4.69) is 188 Å². The van der Waals surface area contributed by atoms with E-state index >= 15 is 0 Å². The van der Waals surface area contributed by atoms with E-state index in [1.54, 1.807) is 0 Å². The van der Waals surface area contributed by atoms with Gasteiger partial charge in [0.25, 0.3) is 0 Å². The van der Waals surface area contributed by atoms with Gasteiger partial charge in [-0.15, -0.1) is 0 Å². The average molecular weight is 1420 g/mol. The van der Waals surface area contributed by atoms with Crippen molar-refractivity contribution in [3.8, 4) is 0 Å². The Morgan fingerprint density at radius 1 is 0.581 bits per heavy atom. The molecule has 4 fully saturated rings. The summed E-state index contributed by atoms with van der Waals surface area (Å²) in [5.41, 5.74) is 15.9. The summed E-state index contributed by atoms with van der Waals surface area (Å²) in [5, 5.41) is 44.2. The number of nitrogens with zero attached hydrogens (tertiary/aromatic N) is 3. The Hall–Kier alpha value is -5.13. The number of carbonyl (C=O) groups is 3. The number of ether oxygens (including phenoxy) is 1. The number of benzene rings is 4. The number of esters is 1. The zero-order valence-corrected chi connectivity index (χ0v) is 58.6. The third-order valence-corrected chi connectivity index (χ3v) is 21.3. The molecule has 0 amide bonds. The van der Waals surface area contributed by atoms with Crippen LogP contribution in [0.3, 0.4) is 0 Å². The first-order valence-electron chi connectivity index (χ1n) is 31.3. The van der Waals surface area contributed by atoms with Crippen LogP contribution in [-0.4, -0.2) is 196 Å². The number of methoxy groups -OCH3 is 1. The molecular formula is C69H92BIN8NaO12S. The molecule has 4 aliphatic heterocycles. The molecule has 0 bridgehead atoms. The summed E-state index contributed by atoms with van der Waals surface area (Å²) in [6, 6.07) is 27.6. The molecule has 24 heteroatoms. The molecule has 8 heterocycles. The Kier molecular flexibility index (Phi) is 26.5. The Bertz CT molecular complexity index is 3830. The molecule has 0 spiro atoms. The number of carboxylic acids is 2. The molecule has 3 radical (unpaired) electrons. The predicted octanol–water partition coefficient (Wildman–Crippen LogP) is 6.66. The van der Waals surface area contributed by atoms with Gasteiger partial charge in [-0.05, 0) is 158 Å². The first-order chi connectivity index (χ1) is 43.3. The van der Waals surface area contributed by atoms with Crippen LogP contribution in [0.5, 0.6) is 0 Å². The number of rotatable bonds is 5. The normalized spacial score (nSPS) is 25.9. The largest absolute Gasteiger partial charge is 1.00 e. The zero-order valence-electron chi connectivity index (χ0n) is 54.6. The molecule has 11 N–H and O–H groups in total. The number of halogens is 1. The van der Waals surface area contributed by atoms with E-state index in [9.17, 15) is 29.7 Å². The number of aromatic nitrogens is 4. The van der Waals surface area contributed by atoms with Crippen molar-refractivity contribution in [3.63, 3.8) is 0 Å². The summed E-state index contributed by atoms with van der Waals surface area (Å²) in [5.74, 6) is 0.122. The first kappa shape index (κ1) is 75.3. The van der Waals surface area contributed by atoms with Gasteiger partial charge in [0, 0.05) is 165 Å². The number of alkyl halides is 1. The number of likely N-dealkylation sites (N-methyl/N-ethyl adjacent to an activating group) is 3. The molecule has 497 valence electrons. The van der Waals surface area contributed by atoms with Gasteiger partial charge < -0.3 is 66.5 Å². The van der Waals surface area contributed by atoms with Gasteiger partial charge in [0.15, 0.2) is 0 Å². The summed E-state index contributed by atoms with van der Waals surface area (Å²) < 4.78 is 37.8. The van der Waals surface area contributed by atoms with Crippen LogP contribution in [0.25, 0.3) is 43.6 Å². The molecule has 12 atom stereocenters. The molecule has 0 unspecified atom stereocenters. The van der Waals surface area contributed by atoms with Crippen LogP contribution < -0.4 is 34.9 Å². The number of hydrogen-bond donors (Lipinski definition) is 11. The Morgan fingerprint density at radius 2 is 0.892 bits per heavy atom. The van der Waals surface area contributed by atoms with Gasteiger partial charge in [0.2, 0.25) is 0 Å². The second-order valence-corrected chi connectivity index (χ2v) is 27.5. The van der Waals surface area contributed by atoms with Gasteiger partial charge in [-0.25, -0.2) is 0 Å². The van der Waals surface area contributed by atoms with E-state index in [0.717, 1.165) is 71.6 Å². The van der Waals surface area contributed by atoms with E-state index in [4.69, 9.17) is 27.4 Å². The van der Waals surface area contributed by atoms with Crippen LogP contribution in [0.1, 0.15) is 116 Å². The molecule has 4 aliphatic carbocycles. The van der Waals surface area contributed by atoms with Crippen LogP contribution in [-0.2, 0) is 55.2 Å².